The zero-order valence-corrected chi connectivity index (χ0v) is 8.97. The molecule has 0 amide bonds. The quantitative estimate of drug-likeness (QED) is 0.790. The number of carbonyl (C=O) groups is 1. The third-order valence-electron chi connectivity index (χ3n) is 3.50. The van der Waals surface area contributed by atoms with Gasteiger partial charge in [-0.2, -0.15) is 0 Å². The normalized spacial score (nSPS) is 29.5. The van der Waals surface area contributed by atoms with E-state index in [0.29, 0.717) is 6.04 Å². The lowest BCUT2D eigenvalue weighted by Gasteiger charge is -2.17. The lowest BCUT2D eigenvalue weighted by Crippen LogP contribution is -2.35. The van der Waals surface area contributed by atoms with Crippen molar-refractivity contribution >= 4 is 5.97 Å². The van der Waals surface area contributed by atoms with Crippen LogP contribution < -0.4 is 5.32 Å². The van der Waals surface area contributed by atoms with Crippen molar-refractivity contribution in [2.24, 2.45) is 0 Å². The van der Waals surface area contributed by atoms with Crippen LogP contribution in [0.5, 0.6) is 0 Å². The molecule has 2 N–H and O–H groups in total. The molecule has 0 radical (unpaired) electrons. The molecule has 2 atom stereocenters. The summed E-state index contributed by atoms with van der Waals surface area (Å²) in [6.45, 7) is 0.775. The van der Waals surface area contributed by atoms with Gasteiger partial charge in [-0.3, -0.25) is 4.79 Å². The summed E-state index contributed by atoms with van der Waals surface area (Å²) >= 11 is 0. The van der Waals surface area contributed by atoms with Gasteiger partial charge >= 0.3 is 5.97 Å². The molecule has 5 nitrogen and oxygen atoms in total. The molecule has 0 spiro atoms. The van der Waals surface area contributed by atoms with Gasteiger partial charge in [-0.25, -0.2) is 4.98 Å². The topological polar surface area (TPSA) is 67.2 Å². The van der Waals surface area contributed by atoms with E-state index in [9.17, 15) is 4.79 Å². The fraction of sp³-hybridized carbons (Fsp3) is 0.636. The molecule has 2 heterocycles. The van der Waals surface area contributed by atoms with Crippen molar-refractivity contribution in [1.29, 1.82) is 0 Å². The molecule has 1 saturated carbocycles. The van der Waals surface area contributed by atoms with Crippen LogP contribution in [0.1, 0.15) is 36.9 Å². The summed E-state index contributed by atoms with van der Waals surface area (Å²) in [5.74, 6) is -0.688. The van der Waals surface area contributed by atoms with Gasteiger partial charge in [0.05, 0.1) is 6.33 Å². The Morgan fingerprint density at radius 3 is 3.00 bits per heavy atom. The second-order valence-corrected chi connectivity index (χ2v) is 4.62. The van der Waals surface area contributed by atoms with Crippen LogP contribution in [0.3, 0.4) is 0 Å². The minimum Gasteiger partial charge on any atom is -0.480 e. The van der Waals surface area contributed by atoms with E-state index < -0.39 is 12.0 Å². The first-order chi connectivity index (χ1) is 7.77. The van der Waals surface area contributed by atoms with Crippen LogP contribution >= 0.6 is 0 Å². The van der Waals surface area contributed by atoms with Crippen molar-refractivity contribution in [3.63, 3.8) is 0 Å². The van der Waals surface area contributed by atoms with Crippen LogP contribution in [-0.2, 0) is 4.79 Å². The number of aliphatic carboxylic acids is 1. The van der Waals surface area contributed by atoms with Crippen LogP contribution in [0.25, 0.3) is 0 Å². The third-order valence-corrected chi connectivity index (χ3v) is 3.50. The Kier molecular flexibility index (Phi) is 2.21. The number of aromatic nitrogens is 2. The molecule has 0 bridgehead atoms. The zero-order valence-electron chi connectivity index (χ0n) is 8.97. The van der Waals surface area contributed by atoms with E-state index in [1.54, 1.807) is 0 Å². The van der Waals surface area contributed by atoms with E-state index in [1.807, 2.05) is 12.5 Å². The first-order valence-electron chi connectivity index (χ1n) is 5.75. The molecule has 1 aliphatic heterocycles. The highest BCUT2D eigenvalue weighted by Crippen LogP contribution is 2.39. The molecule has 5 heteroatoms. The number of hydrogen-bond donors (Lipinski definition) is 2. The number of carboxylic acid groups (broad SMARTS) is 1. The van der Waals surface area contributed by atoms with Gasteiger partial charge in [0, 0.05) is 23.9 Å². The molecule has 1 aliphatic carbocycles. The first kappa shape index (κ1) is 9.84. The second-order valence-electron chi connectivity index (χ2n) is 4.62. The Hall–Kier alpha value is -1.36. The average Bonchev–Trinajstić information content (AvgIpc) is 2.82. The molecule has 86 valence electrons. The van der Waals surface area contributed by atoms with Gasteiger partial charge in [0.15, 0.2) is 0 Å². The van der Waals surface area contributed by atoms with E-state index in [2.05, 4.69) is 14.9 Å². The SMILES string of the molecule is O=C(O)C1NCCC1c1cncn1C1CC1. The summed E-state index contributed by atoms with van der Waals surface area (Å²) in [4.78, 5) is 15.3. The highest BCUT2D eigenvalue weighted by atomic mass is 16.4. The standard InChI is InChI=1S/C11H15N3O2/c15-11(16)10-8(3-4-13-10)9-5-12-6-14(9)7-1-2-7/h5-8,10,13H,1-4H2,(H,15,16). The molecule has 1 saturated heterocycles. The zero-order chi connectivity index (χ0) is 11.1. The molecule has 2 aliphatic rings. The largest absolute Gasteiger partial charge is 0.480 e. The van der Waals surface area contributed by atoms with Crippen LogP contribution in [-0.4, -0.2) is 33.2 Å². The van der Waals surface area contributed by atoms with Crippen molar-refractivity contribution in [3.8, 4) is 0 Å². The number of rotatable bonds is 3. The lowest BCUT2D eigenvalue weighted by molar-refractivity contribution is -0.139. The van der Waals surface area contributed by atoms with Crippen LogP contribution in [0.4, 0.5) is 0 Å². The predicted octanol–water partition coefficient (Wildman–Crippen LogP) is 0.748. The van der Waals surface area contributed by atoms with Gasteiger partial charge in [-0.05, 0) is 25.8 Å². The van der Waals surface area contributed by atoms with Crippen LogP contribution in [0.15, 0.2) is 12.5 Å². The van der Waals surface area contributed by atoms with Crippen molar-refractivity contribution < 1.29 is 9.90 Å². The van der Waals surface area contributed by atoms with Gasteiger partial charge in [0.25, 0.3) is 0 Å². The monoisotopic (exact) mass is 221 g/mol. The number of imidazole rings is 1. The van der Waals surface area contributed by atoms with E-state index >= 15 is 0 Å². The second kappa shape index (κ2) is 3.59. The molecule has 2 unspecified atom stereocenters. The number of carboxylic acids is 1. The fourth-order valence-electron chi connectivity index (χ4n) is 2.54. The summed E-state index contributed by atoms with van der Waals surface area (Å²) in [7, 11) is 0. The van der Waals surface area contributed by atoms with Crippen molar-refractivity contribution in [2.45, 2.75) is 37.3 Å². The van der Waals surface area contributed by atoms with Crippen molar-refractivity contribution in [2.75, 3.05) is 6.54 Å². The molecule has 1 aromatic heterocycles. The van der Waals surface area contributed by atoms with Gasteiger partial charge in [0.1, 0.15) is 6.04 Å². The Morgan fingerprint density at radius 2 is 2.31 bits per heavy atom. The van der Waals surface area contributed by atoms with Gasteiger partial charge in [-0.1, -0.05) is 0 Å². The Bertz CT molecular complexity index is 411. The highest BCUT2D eigenvalue weighted by molar-refractivity contribution is 5.75. The predicted molar refractivity (Wildman–Crippen MR) is 57.3 cm³/mol. The van der Waals surface area contributed by atoms with Crippen LogP contribution in [0.2, 0.25) is 0 Å². The summed E-state index contributed by atoms with van der Waals surface area (Å²) in [5, 5.41) is 12.2. The lowest BCUT2D eigenvalue weighted by atomic mass is 9.97. The minimum absolute atomic E-state index is 0.0700. The number of nitrogens with zero attached hydrogens (tertiary/aromatic N) is 2. The Balaban J connectivity index is 1.90. The first-order valence-corrected chi connectivity index (χ1v) is 5.75. The summed E-state index contributed by atoms with van der Waals surface area (Å²) in [6, 6.07) is 0.113. The molecule has 1 aromatic rings. The van der Waals surface area contributed by atoms with E-state index in [-0.39, 0.29) is 5.92 Å². The molecule has 16 heavy (non-hydrogen) atoms. The third kappa shape index (κ3) is 1.51. The fourth-order valence-corrected chi connectivity index (χ4v) is 2.54. The molecule has 3 rings (SSSR count). The maximum absolute atomic E-state index is 11.1. The van der Waals surface area contributed by atoms with E-state index in [4.69, 9.17) is 5.11 Å². The summed E-state index contributed by atoms with van der Waals surface area (Å²) in [5.41, 5.74) is 1.08. The van der Waals surface area contributed by atoms with Crippen molar-refractivity contribution in [3.05, 3.63) is 18.2 Å². The minimum atomic E-state index is -0.758. The summed E-state index contributed by atoms with van der Waals surface area (Å²) < 4.78 is 2.16. The van der Waals surface area contributed by atoms with Gasteiger partial charge in [-0.15, -0.1) is 0 Å². The maximum Gasteiger partial charge on any atom is 0.321 e. The number of hydrogen-bond acceptors (Lipinski definition) is 3. The average molecular weight is 221 g/mol. The number of nitrogens with one attached hydrogen (secondary N) is 1. The molecular weight excluding hydrogens is 206 g/mol. The molecular formula is C11H15N3O2. The van der Waals surface area contributed by atoms with Crippen molar-refractivity contribution in [1.82, 2.24) is 14.9 Å². The van der Waals surface area contributed by atoms with E-state index in [0.717, 1.165) is 18.7 Å². The summed E-state index contributed by atoms with van der Waals surface area (Å²) in [6.07, 6.45) is 6.94. The van der Waals surface area contributed by atoms with Gasteiger partial charge < -0.3 is 15.0 Å². The van der Waals surface area contributed by atoms with Gasteiger partial charge in [0.2, 0.25) is 0 Å². The highest BCUT2D eigenvalue weighted by Gasteiger charge is 2.37. The van der Waals surface area contributed by atoms with Crippen LogP contribution in [0, 0.1) is 0 Å². The molecule has 0 aromatic carbocycles. The smallest absolute Gasteiger partial charge is 0.321 e. The maximum atomic E-state index is 11.1. The Labute approximate surface area is 93.5 Å². The van der Waals surface area contributed by atoms with E-state index in [1.165, 1.54) is 12.8 Å². The Morgan fingerprint density at radius 1 is 1.50 bits per heavy atom. The molecule has 2 fully saturated rings.